The molecule has 0 heterocycles. The molecule has 0 fully saturated rings. The SMILES string of the molecule is COCCS(=O)(=O)Nc1cc(C)cc(/C=C/C(=O)O)c1. The van der Waals surface area contributed by atoms with Crippen molar-refractivity contribution in [3.05, 3.63) is 35.4 Å². The van der Waals surface area contributed by atoms with E-state index in [1.54, 1.807) is 25.1 Å². The van der Waals surface area contributed by atoms with Crippen LogP contribution in [0.1, 0.15) is 11.1 Å². The first-order valence-corrected chi connectivity index (χ1v) is 7.50. The van der Waals surface area contributed by atoms with Crippen molar-refractivity contribution in [2.24, 2.45) is 0 Å². The number of rotatable bonds is 7. The Morgan fingerprint density at radius 1 is 1.40 bits per heavy atom. The quantitative estimate of drug-likeness (QED) is 0.744. The number of benzene rings is 1. The fourth-order valence-electron chi connectivity index (χ4n) is 1.56. The highest BCUT2D eigenvalue weighted by molar-refractivity contribution is 7.92. The highest BCUT2D eigenvalue weighted by Gasteiger charge is 2.10. The van der Waals surface area contributed by atoms with Crippen LogP contribution in [0, 0.1) is 6.92 Å². The van der Waals surface area contributed by atoms with Gasteiger partial charge >= 0.3 is 5.97 Å². The number of carbonyl (C=O) groups is 1. The number of carboxylic acid groups (broad SMARTS) is 1. The van der Waals surface area contributed by atoms with E-state index in [9.17, 15) is 13.2 Å². The van der Waals surface area contributed by atoms with Crippen molar-refractivity contribution in [2.75, 3.05) is 24.2 Å². The van der Waals surface area contributed by atoms with Crippen LogP contribution in [0.5, 0.6) is 0 Å². The fourth-order valence-corrected chi connectivity index (χ4v) is 2.52. The Morgan fingerprint density at radius 3 is 2.70 bits per heavy atom. The third-order valence-electron chi connectivity index (χ3n) is 2.35. The first-order chi connectivity index (χ1) is 9.32. The van der Waals surface area contributed by atoms with Crippen molar-refractivity contribution in [3.63, 3.8) is 0 Å². The number of ether oxygens (including phenoxy) is 1. The zero-order chi connectivity index (χ0) is 15.2. The van der Waals surface area contributed by atoms with Gasteiger partial charge in [0.25, 0.3) is 0 Å². The topological polar surface area (TPSA) is 92.7 Å². The zero-order valence-corrected chi connectivity index (χ0v) is 12.1. The molecular weight excluding hydrogens is 282 g/mol. The second kappa shape index (κ2) is 7.06. The van der Waals surface area contributed by atoms with E-state index in [1.807, 2.05) is 0 Å². The number of methoxy groups -OCH3 is 1. The fraction of sp³-hybridized carbons (Fsp3) is 0.308. The van der Waals surface area contributed by atoms with Crippen molar-refractivity contribution >= 4 is 27.8 Å². The average molecular weight is 299 g/mol. The van der Waals surface area contributed by atoms with E-state index < -0.39 is 16.0 Å². The zero-order valence-electron chi connectivity index (χ0n) is 11.3. The van der Waals surface area contributed by atoms with Gasteiger partial charge in [0, 0.05) is 18.9 Å². The number of carboxylic acids is 1. The first kappa shape index (κ1) is 16.2. The molecule has 1 aromatic rings. The second-order valence-corrected chi connectivity index (χ2v) is 6.06. The molecule has 0 spiro atoms. The molecule has 1 rings (SSSR count). The minimum atomic E-state index is -3.48. The summed E-state index contributed by atoms with van der Waals surface area (Å²) < 4.78 is 30.7. The van der Waals surface area contributed by atoms with Gasteiger partial charge in [-0.3, -0.25) is 4.72 Å². The Morgan fingerprint density at radius 2 is 2.10 bits per heavy atom. The number of aryl methyl sites for hydroxylation is 1. The molecule has 0 radical (unpaired) electrons. The van der Waals surface area contributed by atoms with E-state index in [-0.39, 0.29) is 12.4 Å². The van der Waals surface area contributed by atoms with Crippen LogP contribution in [0.25, 0.3) is 6.08 Å². The monoisotopic (exact) mass is 299 g/mol. The van der Waals surface area contributed by atoms with Crippen molar-refractivity contribution in [1.82, 2.24) is 0 Å². The molecule has 2 N–H and O–H groups in total. The summed E-state index contributed by atoms with van der Waals surface area (Å²) in [5.74, 6) is -1.20. The average Bonchev–Trinajstić information content (AvgIpc) is 2.32. The molecule has 110 valence electrons. The van der Waals surface area contributed by atoms with Crippen LogP contribution in [-0.4, -0.2) is 39.0 Å². The third kappa shape index (κ3) is 5.85. The molecule has 0 saturated carbocycles. The smallest absolute Gasteiger partial charge is 0.328 e. The Balaban J connectivity index is 2.93. The summed E-state index contributed by atoms with van der Waals surface area (Å²) in [7, 11) is -2.05. The summed E-state index contributed by atoms with van der Waals surface area (Å²) >= 11 is 0. The van der Waals surface area contributed by atoms with Crippen LogP contribution in [0.15, 0.2) is 24.3 Å². The van der Waals surface area contributed by atoms with Crippen molar-refractivity contribution in [2.45, 2.75) is 6.92 Å². The van der Waals surface area contributed by atoms with Gasteiger partial charge in [0.2, 0.25) is 10.0 Å². The minimum Gasteiger partial charge on any atom is -0.478 e. The van der Waals surface area contributed by atoms with Crippen LogP contribution < -0.4 is 4.72 Å². The van der Waals surface area contributed by atoms with Crippen molar-refractivity contribution in [3.8, 4) is 0 Å². The predicted molar refractivity (Wildman–Crippen MR) is 77.1 cm³/mol. The largest absolute Gasteiger partial charge is 0.478 e. The van der Waals surface area contributed by atoms with Crippen LogP contribution in [0.3, 0.4) is 0 Å². The molecule has 0 aliphatic carbocycles. The van der Waals surface area contributed by atoms with E-state index in [2.05, 4.69) is 4.72 Å². The van der Waals surface area contributed by atoms with Gasteiger partial charge in [-0.25, -0.2) is 13.2 Å². The highest BCUT2D eigenvalue weighted by atomic mass is 32.2. The van der Waals surface area contributed by atoms with Crippen LogP contribution in [0.4, 0.5) is 5.69 Å². The minimum absolute atomic E-state index is 0.104. The Kier molecular flexibility index (Phi) is 5.72. The maximum Gasteiger partial charge on any atom is 0.328 e. The maximum absolute atomic E-state index is 11.7. The first-order valence-electron chi connectivity index (χ1n) is 5.84. The molecule has 6 nitrogen and oxygen atoms in total. The molecule has 0 bridgehead atoms. The van der Waals surface area contributed by atoms with Crippen LogP contribution >= 0.6 is 0 Å². The van der Waals surface area contributed by atoms with Crippen molar-refractivity contribution < 1.29 is 23.1 Å². The lowest BCUT2D eigenvalue weighted by Gasteiger charge is -2.09. The lowest BCUT2D eigenvalue weighted by atomic mass is 10.1. The van der Waals surface area contributed by atoms with Gasteiger partial charge < -0.3 is 9.84 Å². The molecule has 0 aliphatic rings. The maximum atomic E-state index is 11.7. The highest BCUT2D eigenvalue weighted by Crippen LogP contribution is 2.17. The molecule has 0 aliphatic heterocycles. The van der Waals surface area contributed by atoms with E-state index >= 15 is 0 Å². The standard InChI is InChI=1S/C13H17NO5S/c1-10-7-11(3-4-13(15)16)9-12(8-10)14-20(17,18)6-5-19-2/h3-4,7-9,14H,5-6H2,1-2H3,(H,15,16)/b4-3+. The number of aliphatic carboxylic acids is 1. The van der Waals surface area contributed by atoms with Gasteiger partial charge in [-0.1, -0.05) is 6.07 Å². The lowest BCUT2D eigenvalue weighted by Crippen LogP contribution is -2.19. The molecule has 1 aromatic carbocycles. The summed E-state index contributed by atoms with van der Waals surface area (Å²) in [5.41, 5.74) is 1.82. The Hall–Kier alpha value is -1.86. The van der Waals surface area contributed by atoms with E-state index in [4.69, 9.17) is 9.84 Å². The van der Waals surface area contributed by atoms with E-state index in [0.717, 1.165) is 11.6 Å². The molecule has 0 aromatic heterocycles. The summed E-state index contributed by atoms with van der Waals surface area (Å²) in [6, 6.07) is 4.99. The van der Waals surface area contributed by atoms with Crippen molar-refractivity contribution in [1.29, 1.82) is 0 Å². The summed E-state index contributed by atoms with van der Waals surface area (Å²) in [6.07, 6.45) is 2.40. The van der Waals surface area contributed by atoms with Gasteiger partial charge in [0.1, 0.15) is 0 Å². The Bertz CT molecular complexity index is 607. The third-order valence-corrected chi connectivity index (χ3v) is 3.60. The van der Waals surface area contributed by atoms with E-state index in [1.165, 1.54) is 13.2 Å². The van der Waals surface area contributed by atoms with Gasteiger partial charge in [-0.15, -0.1) is 0 Å². The van der Waals surface area contributed by atoms with Gasteiger partial charge in [-0.05, 0) is 36.3 Å². The van der Waals surface area contributed by atoms with Crippen LogP contribution in [0.2, 0.25) is 0 Å². The molecular formula is C13H17NO5S. The normalized spacial score (nSPS) is 11.7. The molecule has 0 saturated heterocycles. The summed E-state index contributed by atoms with van der Waals surface area (Å²) in [5, 5.41) is 8.58. The number of sulfonamides is 1. The van der Waals surface area contributed by atoms with Gasteiger partial charge in [0.15, 0.2) is 0 Å². The van der Waals surface area contributed by atoms with Gasteiger partial charge in [0.05, 0.1) is 12.4 Å². The van der Waals surface area contributed by atoms with Gasteiger partial charge in [-0.2, -0.15) is 0 Å². The predicted octanol–water partition coefficient (Wildman–Crippen LogP) is 1.48. The number of hydrogen-bond donors (Lipinski definition) is 2. The lowest BCUT2D eigenvalue weighted by molar-refractivity contribution is -0.131. The van der Waals surface area contributed by atoms with Crippen LogP contribution in [-0.2, 0) is 19.6 Å². The molecule has 0 unspecified atom stereocenters. The number of hydrogen-bond acceptors (Lipinski definition) is 4. The Labute approximate surface area is 118 Å². The summed E-state index contributed by atoms with van der Waals surface area (Å²) in [6.45, 7) is 1.90. The van der Waals surface area contributed by atoms with E-state index in [0.29, 0.717) is 11.3 Å². The number of nitrogens with one attached hydrogen (secondary N) is 1. The summed E-state index contributed by atoms with van der Waals surface area (Å²) in [4.78, 5) is 10.5. The molecule has 0 amide bonds. The number of anilines is 1. The molecule has 20 heavy (non-hydrogen) atoms. The molecule has 7 heteroatoms. The molecule has 0 atom stereocenters. The second-order valence-electron chi connectivity index (χ2n) is 4.22.